The van der Waals surface area contributed by atoms with Crippen LogP contribution in [0.1, 0.15) is 0 Å². The van der Waals surface area contributed by atoms with Gasteiger partial charge >= 0.3 is 6.03 Å². The Kier molecular flexibility index (Phi) is 6.30. The smallest absolute Gasteiger partial charge is 0.319 e. The quantitative estimate of drug-likeness (QED) is 0.606. The summed E-state index contributed by atoms with van der Waals surface area (Å²) in [7, 11) is 1.59. The highest BCUT2D eigenvalue weighted by Crippen LogP contribution is 2.25. The van der Waals surface area contributed by atoms with Crippen LogP contribution in [0.5, 0.6) is 11.5 Å². The minimum atomic E-state index is -0.272. The zero-order valence-corrected chi connectivity index (χ0v) is 15.1. The van der Waals surface area contributed by atoms with Crippen LogP contribution < -0.4 is 20.1 Å². The minimum absolute atomic E-state index is 0.272. The Morgan fingerprint density at radius 1 is 0.815 bits per heavy atom. The summed E-state index contributed by atoms with van der Waals surface area (Å²) < 4.78 is 10.8. The summed E-state index contributed by atoms with van der Waals surface area (Å²) >= 11 is 0. The molecule has 0 aromatic heterocycles. The Morgan fingerprint density at radius 2 is 1.44 bits per heavy atom. The van der Waals surface area contributed by atoms with E-state index >= 15 is 0 Å². The lowest BCUT2D eigenvalue weighted by molar-refractivity contribution is 0.246. The molecule has 0 spiro atoms. The van der Waals surface area contributed by atoms with Gasteiger partial charge in [0.1, 0.15) is 6.61 Å². The van der Waals surface area contributed by atoms with Crippen molar-refractivity contribution in [2.75, 3.05) is 25.6 Å². The molecule has 0 aliphatic rings. The van der Waals surface area contributed by atoms with Crippen molar-refractivity contribution in [3.05, 3.63) is 78.9 Å². The molecule has 138 valence electrons. The molecule has 2 N–H and O–H groups in total. The monoisotopic (exact) mass is 362 g/mol. The van der Waals surface area contributed by atoms with Gasteiger partial charge in [0.25, 0.3) is 0 Å². The molecule has 27 heavy (non-hydrogen) atoms. The number of hydrogen-bond acceptors (Lipinski definition) is 3. The fraction of sp³-hybridized carbons (Fsp3) is 0.136. The van der Waals surface area contributed by atoms with Crippen LogP contribution in [0.3, 0.4) is 0 Å². The van der Waals surface area contributed by atoms with Gasteiger partial charge in [0.15, 0.2) is 11.5 Å². The summed E-state index contributed by atoms with van der Waals surface area (Å²) in [4.78, 5) is 12.0. The lowest BCUT2D eigenvalue weighted by atomic mass is 10.1. The van der Waals surface area contributed by atoms with Crippen molar-refractivity contribution in [3.8, 4) is 22.6 Å². The van der Waals surface area contributed by atoms with E-state index in [0.717, 1.165) is 16.8 Å². The van der Waals surface area contributed by atoms with Crippen molar-refractivity contribution in [1.29, 1.82) is 0 Å². The average molecular weight is 362 g/mol. The largest absolute Gasteiger partial charge is 0.493 e. The maximum atomic E-state index is 12.0. The molecule has 0 saturated carbocycles. The highest BCUT2D eigenvalue weighted by Gasteiger charge is 2.04. The predicted octanol–water partition coefficient (Wildman–Crippen LogP) is 4.56. The maximum Gasteiger partial charge on any atom is 0.319 e. The third-order valence-corrected chi connectivity index (χ3v) is 3.96. The van der Waals surface area contributed by atoms with Crippen molar-refractivity contribution in [2.24, 2.45) is 0 Å². The number of amides is 2. The first-order chi connectivity index (χ1) is 13.3. The summed E-state index contributed by atoms with van der Waals surface area (Å²) in [5, 5.41) is 5.58. The normalized spacial score (nSPS) is 10.1. The number of nitrogens with one attached hydrogen (secondary N) is 2. The van der Waals surface area contributed by atoms with Crippen LogP contribution in [0.2, 0.25) is 0 Å². The van der Waals surface area contributed by atoms with E-state index in [1.54, 1.807) is 7.11 Å². The first kappa shape index (κ1) is 18.3. The highest BCUT2D eigenvalue weighted by molar-refractivity contribution is 5.89. The second-order valence-electron chi connectivity index (χ2n) is 5.82. The van der Waals surface area contributed by atoms with Crippen molar-refractivity contribution < 1.29 is 14.3 Å². The van der Waals surface area contributed by atoms with Crippen molar-refractivity contribution in [2.45, 2.75) is 0 Å². The SMILES string of the molecule is COc1ccccc1OCCNC(=O)Nc1ccc(-c2ccccc2)cc1. The lowest BCUT2D eigenvalue weighted by Crippen LogP contribution is -2.32. The first-order valence-electron chi connectivity index (χ1n) is 8.72. The van der Waals surface area contributed by atoms with Gasteiger partial charge in [0.05, 0.1) is 13.7 Å². The average Bonchev–Trinajstić information content (AvgIpc) is 2.73. The summed E-state index contributed by atoms with van der Waals surface area (Å²) in [6, 6.07) is 25.0. The van der Waals surface area contributed by atoms with E-state index in [-0.39, 0.29) is 6.03 Å². The van der Waals surface area contributed by atoms with Gasteiger partial charge in [0, 0.05) is 5.69 Å². The van der Waals surface area contributed by atoms with Crippen molar-refractivity contribution in [1.82, 2.24) is 5.32 Å². The number of para-hydroxylation sites is 2. The number of rotatable bonds is 7. The molecule has 5 nitrogen and oxygen atoms in total. The third kappa shape index (κ3) is 5.25. The number of anilines is 1. The molecule has 0 saturated heterocycles. The molecule has 0 atom stereocenters. The molecule has 3 aromatic rings. The van der Waals surface area contributed by atoms with Crippen LogP contribution in [-0.2, 0) is 0 Å². The van der Waals surface area contributed by atoms with E-state index in [9.17, 15) is 4.79 Å². The van der Waals surface area contributed by atoms with Gasteiger partial charge in [-0.25, -0.2) is 4.79 Å². The Morgan fingerprint density at radius 3 is 2.15 bits per heavy atom. The van der Waals surface area contributed by atoms with E-state index in [2.05, 4.69) is 22.8 Å². The molecule has 0 bridgehead atoms. The lowest BCUT2D eigenvalue weighted by Gasteiger charge is -2.11. The zero-order chi connectivity index (χ0) is 18.9. The summed E-state index contributed by atoms with van der Waals surface area (Å²) in [6.07, 6.45) is 0. The molecule has 0 fully saturated rings. The van der Waals surface area contributed by atoms with E-state index in [1.807, 2.05) is 66.7 Å². The van der Waals surface area contributed by atoms with Crippen LogP contribution >= 0.6 is 0 Å². The highest BCUT2D eigenvalue weighted by atomic mass is 16.5. The second-order valence-corrected chi connectivity index (χ2v) is 5.82. The van der Waals surface area contributed by atoms with Crippen LogP contribution in [0.15, 0.2) is 78.9 Å². The maximum absolute atomic E-state index is 12.0. The second kappa shape index (κ2) is 9.29. The molecule has 2 amide bonds. The molecule has 5 heteroatoms. The Hall–Kier alpha value is -3.47. The molecule has 0 radical (unpaired) electrons. The van der Waals surface area contributed by atoms with Crippen molar-refractivity contribution >= 4 is 11.7 Å². The first-order valence-corrected chi connectivity index (χ1v) is 8.72. The van der Waals surface area contributed by atoms with Crippen LogP contribution in [-0.4, -0.2) is 26.3 Å². The number of ether oxygens (including phenoxy) is 2. The fourth-order valence-electron chi connectivity index (χ4n) is 2.62. The number of carbonyl (C=O) groups is 1. The molecule has 0 aliphatic carbocycles. The fourth-order valence-corrected chi connectivity index (χ4v) is 2.62. The molecule has 0 heterocycles. The molecular weight excluding hydrogens is 340 g/mol. The number of benzene rings is 3. The zero-order valence-electron chi connectivity index (χ0n) is 15.1. The molecule has 3 aromatic carbocycles. The standard InChI is InChI=1S/C22H22N2O3/c1-26-20-9-5-6-10-21(20)27-16-15-23-22(25)24-19-13-11-18(12-14-19)17-7-3-2-4-8-17/h2-14H,15-16H2,1H3,(H2,23,24,25). The van der Waals surface area contributed by atoms with E-state index in [0.29, 0.717) is 24.7 Å². The number of hydrogen-bond donors (Lipinski definition) is 2. The number of methoxy groups -OCH3 is 1. The summed E-state index contributed by atoms with van der Waals surface area (Å²) in [6.45, 7) is 0.729. The molecule has 0 aliphatic heterocycles. The van der Waals surface area contributed by atoms with Crippen LogP contribution in [0.25, 0.3) is 11.1 Å². The Labute approximate surface area is 158 Å². The Balaban J connectivity index is 1.44. The van der Waals surface area contributed by atoms with Crippen LogP contribution in [0, 0.1) is 0 Å². The topological polar surface area (TPSA) is 59.6 Å². The number of carbonyl (C=O) groups excluding carboxylic acids is 1. The van der Waals surface area contributed by atoms with Crippen LogP contribution in [0.4, 0.5) is 10.5 Å². The van der Waals surface area contributed by atoms with Gasteiger partial charge in [-0.15, -0.1) is 0 Å². The van der Waals surface area contributed by atoms with Gasteiger partial charge in [-0.2, -0.15) is 0 Å². The van der Waals surface area contributed by atoms with Gasteiger partial charge < -0.3 is 20.1 Å². The van der Waals surface area contributed by atoms with Gasteiger partial charge in [-0.05, 0) is 35.4 Å². The minimum Gasteiger partial charge on any atom is -0.493 e. The predicted molar refractivity (Wildman–Crippen MR) is 107 cm³/mol. The summed E-state index contributed by atoms with van der Waals surface area (Å²) in [5.41, 5.74) is 2.98. The van der Waals surface area contributed by atoms with E-state index in [4.69, 9.17) is 9.47 Å². The van der Waals surface area contributed by atoms with Gasteiger partial charge in [-0.1, -0.05) is 54.6 Å². The molecule has 3 rings (SSSR count). The van der Waals surface area contributed by atoms with Gasteiger partial charge in [0.2, 0.25) is 0 Å². The molecule has 0 unspecified atom stereocenters. The third-order valence-electron chi connectivity index (χ3n) is 3.96. The summed E-state index contributed by atoms with van der Waals surface area (Å²) in [5.74, 6) is 1.32. The van der Waals surface area contributed by atoms with Gasteiger partial charge in [-0.3, -0.25) is 0 Å². The molecular formula is C22H22N2O3. The Bertz CT molecular complexity index is 864. The van der Waals surface area contributed by atoms with Crippen molar-refractivity contribution in [3.63, 3.8) is 0 Å². The van der Waals surface area contributed by atoms with E-state index in [1.165, 1.54) is 0 Å². The van der Waals surface area contributed by atoms with E-state index < -0.39 is 0 Å². The number of urea groups is 1.